The predicted molar refractivity (Wildman–Crippen MR) is 136 cm³/mol. The summed E-state index contributed by atoms with van der Waals surface area (Å²) in [5.74, 6) is -1.08. The van der Waals surface area contributed by atoms with Crippen LogP contribution in [0.25, 0.3) is 0 Å². The minimum atomic E-state index is -0.662. The number of hydrogen-bond acceptors (Lipinski definition) is 6. The molecule has 182 valence electrons. The Labute approximate surface area is 209 Å². The molecule has 1 N–H and O–H groups in total. The molecule has 4 rings (SSSR count). The average Bonchev–Trinajstić information content (AvgIpc) is 3.19. The number of amidine groups is 1. The number of aliphatic imine (C=N–C) groups is 1. The van der Waals surface area contributed by atoms with E-state index in [1.807, 2.05) is 47.6 Å². The maximum absolute atomic E-state index is 14.2. The molecule has 2 aromatic rings. The number of ether oxygens (including phenoxy) is 1. The molecule has 0 aromatic heterocycles. The van der Waals surface area contributed by atoms with E-state index in [1.54, 1.807) is 32.9 Å². The highest BCUT2D eigenvalue weighted by molar-refractivity contribution is 8.16. The smallest absolute Gasteiger partial charge is 0.338 e. The lowest BCUT2D eigenvalue weighted by Gasteiger charge is -2.36. The SMILES string of the molecule is CC1=C(C(=O)OC(C)C)[C@H](c2cccc(F)c2)N2C(CC(=O)N[C@H](C)c3ccccc3)=CSC2=N1. The molecule has 0 radical (unpaired) electrons. The highest BCUT2D eigenvalue weighted by Gasteiger charge is 2.41. The molecule has 2 aliphatic rings. The number of allylic oxidation sites excluding steroid dienone is 1. The van der Waals surface area contributed by atoms with E-state index in [1.165, 1.54) is 23.9 Å². The molecule has 0 aliphatic carbocycles. The molecule has 2 heterocycles. The van der Waals surface area contributed by atoms with Gasteiger partial charge < -0.3 is 15.0 Å². The number of nitrogens with one attached hydrogen (secondary N) is 1. The number of amides is 1. The third kappa shape index (κ3) is 5.48. The number of benzene rings is 2. The Kier molecular flexibility index (Phi) is 7.40. The number of fused-ring (bicyclic) bond motifs is 1. The lowest BCUT2D eigenvalue weighted by atomic mass is 9.93. The maximum Gasteiger partial charge on any atom is 0.338 e. The van der Waals surface area contributed by atoms with Gasteiger partial charge in [0.1, 0.15) is 5.82 Å². The molecule has 0 saturated heterocycles. The Morgan fingerprint density at radius 1 is 1.14 bits per heavy atom. The topological polar surface area (TPSA) is 71.0 Å². The number of rotatable bonds is 7. The molecular formula is C27H28FN3O3S. The number of thioether (sulfide) groups is 1. The van der Waals surface area contributed by atoms with Gasteiger partial charge in [-0.15, -0.1) is 0 Å². The first-order valence-electron chi connectivity index (χ1n) is 11.5. The largest absolute Gasteiger partial charge is 0.459 e. The van der Waals surface area contributed by atoms with Crippen LogP contribution in [0.3, 0.4) is 0 Å². The van der Waals surface area contributed by atoms with E-state index in [-0.39, 0.29) is 24.5 Å². The summed E-state index contributed by atoms with van der Waals surface area (Å²) in [4.78, 5) is 32.6. The second-order valence-corrected chi connectivity index (χ2v) is 9.62. The molecule has 35 heavy (non-hydrogen) atoms. The number of carbonyl (C=O) groups is 2. The monoisotopic (exact) mass is 493 g/mol. The van der Waals surface area contributed by atoms with Gasteiger partial charge >= 0.3 is 5.97 Å². The van der Waals surface area contributed by atoms with Crippen LogP contribution in [0.4, 0.5) is 4.39 Å². The van der Waals surface area contributed by atoms with E-state index in [2.05, 4.69) is 10.3 Å². The number of nitrogens with zero attached hydrogens (tertiary/aromatic N) is 2. The lowest BCUT2D eigenvalue weighted by Crippen LogP contribution is -2.38. The van der Waals surface area contributed by atoms with E-state index in [0.29, 0.717) is 27.7 Å². The van der Waals surface area contributed by atoms with Crippen molar-refractivity contribution in [2.45, 2.75) is 52.3 Å². The van der Waals surface area contributed by atoms with Crippen molar-refractivity contribution in [1.82, 2.24) is 10.2 Å². The van der Waals surface area contributed by atoms with Gasteiger partial charge in [0, 0.05) is 5.70 Å². The van der Waals surface area contributed by atoms with Gasteiger partial charge in [0.05, 0.1) is 35.9 Å². The van der Waals surface area contributed by atoms with Crippen molar-refractivity contribution < 1.29 is 18.7 Å². The average molecular weight is 494 g/mol. The fourth-order valence-electron chi connectivity index (χ4n) is 4.18. The van der Waals surface area contributed by atoms with E-state index < -0.39 is 17.8 Å². The van der Waals surface area contributed by atoms with Gasteiger partial charge in [-0.25, -0.2) is 14.2 Å². The van der Waals surface area contributed by atoms with Crippen LogP contribution in [0.2, 0.25) is 0 Å². The molecule has 0 spiro atoms. The Bertz CT molecular complexity index is 1220. The first kappa shape index (κ1) is 24.7. The van der Waals surface area contributed by atoms with Crippen molar-refractivity contribution in [3.8, 4) is 0 Å². The first-order chi connectivity index (χ1) is 16.7. The normalized spacial score (nSPS) is 18.1. The minimum Gasteiger partial charge on any atom is -0.459 e. The highest BCUT2D eigenvalue weighted by atomic mass is 32.2. The van der Waals surface area contributed by atoms with E-state index in [9.17, 15) is 14.0 Å². The van der Waals surface area contributed by atoms with Gasteiger partial charge in [0.2, 0.25) is 5.91 Å². The van der Waals surface area contributed by atoms with Gasteiger partial charge in [-0.1, -0.05) is 54.2 Å². The first-order valence-corrected chi connectivity index (χ1v) is 12.4. The summed E-state index contributed by atoms with van der Waals surface area (Å²) >= 11 is 1.38. The molecule has 8 heteroatoms. The van der Waals surface area contributed by atoms with Crippen LogP contribution in [-0.2, 0) is 14.3 Å². The predicted octanol–water partition coefficient (Wildman–Crippen LogP) is 5.62. The second kappa shape index (κ2) is 10.5. The third-order valence-corrected chi connectivity index (χ3v) is 6.64. The molecule has 2 atom stereocenters. The fraction of sp³-hybridized carbons (Fsp3) is 0.296. The van der Waals surface area contributed by atoms with Gasteiger partial charge in [-0.2, -0.15) is 0 Å². The summed E-state index contributed by atoms with van der Waals surface area (Å²) in [6.07, 6.45) is -0.241. The highest BCUT2D eigenvalue weighted by Crippen LogP contribution is 2.45. The molecule has 0 unspecified atom stereocenters. The maximum atomic E-state index is 14.2. The van der Waals surface area contributed by atoms with Crippen molar-refractivity contribution in [2.75, 3.05) is 0 Å². The van der Waals surface area contributed by atoms with Crippen LogP contribution in [0.5, 0.6) is 0 Å². The quantitative estimate of drug-likeness (QED) is 0.507. The Hall–Kier alpha value is -3.39. The molecule has 0 bridgehead atoms. The van der Waals surface area contributed by atoms with Gasteiger partial charge in [0.25, 0.3) is 0 Å². The van der Waals surface area contributed by atoms with Gasteiger partial charge in [0.15, 0.2) is 5.17 Å². The van der Waals surface area contributed by atoms with Crippen molar-refractivity contribution in [3.63, 3.8) is 0 Å². The van der Waals surface area contributed by atoms with Crippen LogP contribution >= 0.6 is 11.8 Å². The molecule has 2 aromatic carbocycles. The zero-order chi connectivity index (χ0) is 25.1. The summed E-state index contributed by atoms with van der Waals surface area (Å²) in [5.41, 5.74) is 3.12. The van der Waals surface area contributed by atoms with E-state index >= 15 is 0 Å². The number of esters is 1. The van der Waals surface area contributed by atoms with E-state index in [0.717, 1.165) is 5.56 Å². The molecule has 2 aliphatic heterocycles. The van der Waals surface area contributed by atoms with Crippen molar-refractivity contribution in [2.24, 2.45) is 4.99 Å². The fourth-order valence-corrected chi connectivity index (χ4v) is 5.15. The van der Waals surface area contributed by atoms with Crippen molar-refractivity contribution in [3.05, 3.63) is 93.9 Å². The second-order valence-electron chi connectivity index (χ2n) is 8.78. The molecule has 0 saturated carbocycles. The standard InChI is InChI=1S/C27H28FN3O3S/c1-16(2)34-26(33)24-18(4)30-27-31(25(24)20-11-8-12-21(28)13-20)22(15-35-27)14-23(32)29-17(3)19-9-6-5-7-10-19/h5-13,15-17,25H,14H2,1-4H3,(H,29,32)/t17-,25+/m1/s1. The van der Waals surface area contributed by atoms with Gasteiger partial charge in [-0.3, -0.25) is 4.79 Å². The summed E-state index contributed by atoms with van der Waals surface area (Å²) in [6, 6.07) is 15.0. The Balaban J connectivity index is 1.63. The summed E-state index contributed by atoms with van der Waals surface area (Å²) < 4.78 is 19.8. The number of halogens is 1. The lowest BCUT2D eigenvalue weighted by molar-refractivity contribution is -0.143. The number of carbonyl (C=O) groups excluding carboxylic acids is 2. The van der Waals surface area contributed by atoms with Crippen LogP contribution in [0, 0.1) is 5.82 Å². The number of hydrogen-bond donors (Lipinski definition) is 1. The zero-order valence-electron chi connectivity index (χ0n) is 20.1. The summed E-state index contributed by atoms with van der Waals surface area (Å²) in [5, 5.41) is 5.53. The van der Waals surface area contributed by atoms with Crippen molar-refractivity contribution >= 4 is 28.8 Å². The third-order valence-electron chi connectivity index (χ3n) is 5.75. The van der Waals surface area contributed by atoms with Crippen LogP contribution in [0.1, 0.15) is 57.3 Å². The Morgan fingerprint density at radius 3 is 2.57 bits per heavy atom. The van der Waals surface area contributed by atoms with Crippen LogP contribution in [0.15, 0.2) is 82.0 Å². The van der Waals surface area contributed by atoms with Crippen LogP contribution < -0.4 is 5.32 Å². The van der Waals surface area contributed by atoms with Gasteiger partial charge in [-0.05, 0) is 56.4 Å². The molecule has 1 amide bonds. The molecular weight excluding hydrogens is 465 g/mol. The molecule has 6 nitrogen and oxygen atoms in total. The molecule has 0 fully saturated rings. The van der Waals surface area contributed by atoms with Crippen molar-refractivity contribution in [1.29, 1.82) is 0 Å². The minimum absolute atomic E-state index is 0.0839. The summed E-state index contributed by atoms with van der Waals surface area (Å²) in [6.45, 7) is 7.23. The van der Waals surface area contributed by atoms with E-state index in [4.69, 9.17) is 4.74 Å². The zero-order valence-corrected chi connectivity index (χ0v) is 20.9. The summed E-state index contributed by atoms with van der Waals surface area (Å²) in [7, 11) is 0. The Morgan fingerprint density at radius 2 is 1.89 bits per heavy atom. The van der Waals surface area contributed by atoms with Crippen LogP contribution in [-0.4, -0.2) is 28.0 Å².